The number of nitrogens with zero attached hydrogens (tertiary/aromatic N) is 2. The minimum absolute atomic E-state index is 0.0724. The van der Waals surface area contributed by atoms with E-state index in [4.69, 9.17) is 11.6 Å². The number of rotatable bonds is 4. The molecule has 1 aliphatic heterocycles. The van der Waals surface area contributed by atoms with Gasteiger partial charge in [0, 0.05) is 43.0 Å². The number of fused-ring (bicyclic) bond motifs is 1. The summed E-state index contributed by atoms with van der Waals surface area (Å²) in [5, 5.41) is 0.925. The fraction of sp³-hybridized carbons (Fsp3) is 0.160. The number of halogens is 3. The Morgan fingerprint density at radius 1 is 0.794 bits per heavy atom. The Kier molecular flexibility index (Phi) is 5.87. The molecule has 0 saturated carbocycles. The average Bonchev–Trinajstić information content (AvgIpc) is 2.84. The first kappa shape index (κ1) is 22.6. The van der Waals surface area contributed by atoms with Crippen LogP contribution in [0.15, 0.2) is 82.7 Å². The third kappa shape index (κ3) is 4.19. The third-order valence-corrected chi connectivity index (χ3v) is 8.06. The van der Waals surface area contributed by atoms with Crippen molar-refractivity contribution >= 4 is 43.7 Å². The Labute approximate surface area is 201 Å². The molecule has 34 heavy (non-hydrogen) atoms. The molecule has 174 valence electrons. The van der Waals surface area contributed by atoms with Crippen molar-refractivity contribution < 1.29 is 22.2 Å². The average molecular weight is 501 g/mol. The summed E-state index contributed by atoms with van der Waals surface area (Å²) in [5.41, 5.74) is 1.99. The fourth-order valence-corrected chi connectivity index (χ4v) is 5.88. The molecule has 1 saturated heterocycles. The first-order chi connectivity index (χ1) is 16.3. The Hall–Kier alpha value is -3.23. The predicted molar refractivity (Wildman–Crippen MR) is 128 cm³/mol. The van der Waals surface area contributed by atoms with E-state index in [-0.39, 0.29) is 15.6 Å². The minimum atomic E-state index is -3.92. The molecule has 2 heterocycles. The maximum Gasteiger partial charge on any atom is 0.214 e. The number of piperazine rings is 1. The number of H-pyrrole nitrogens is 1. The van der Waals surface area contributed by atoms with Crippen molar-refractivity contribution in [3.8, 4) is 0 Å². The fourth-order valence-electron chi connectivity index (χ4n) is 4.29. The molecule has 1 aliphatic rings. The minimum Gasteiger partial charge on any atom is -0.368 e. The maximum atomic E-state index is 14.3. The van der Waals surface area contributed by atoms with Gasteiger partial charge >= 0.3 is 0 Å². The molecular formula is C25H21ClF2N3O2S+. The molecule has 0 atom stereocenters. The lowest BCUT2D eigenvalue weighted by atomic mass is 10.1. The van der Waals surface area contributed by atoms with Gasteiger partial charge in [-0.1, -0.05) is 11.6 Å². The molecule has 1 fully saturated rings. The van der Waals surface area contributed by atoms with Gasteiger partial charge in [0.2, 0.25) is 15.4 Å². The molecule has 5 nitrogen and oxygen atoms in total. The summed E-state index contributed by atoms with van der Waals surface area (Å²) in [6.45, 7) is 2.22. The van der Waals surface area contributed by atoms with E-state index in [0.29, 0.717) is 47.8 Å². The molecule has 5 rings (SSSR count). The molecule has 0 radical (unpaired) electrons. The molecule has 0 aliphatic carbocycles. The van der Waals surface area contributed by atoms with Crippen LogP contribution in [0.4, 0.5) is 20.2 Å². The van der Waals surface area contributed by atoms with E-state index in [1.54, 1.807) is 18.2 Å². The van der Waals surface area contributed by atoms with E-state index in [1.807, 2.05) is 4.90 Å². The maximum absolute atomic E-state index is 14.3. The van der Waals surface area contributed by atoms with Gasteiger partial charge in [0.25, 0.3) is 0 Å². The van der Waals surface area contributed by atoms with Gasteiger partial charge in [0.05, 0.1) is 16.0 Å². The molecule has 0 unspecified atom stereocenters. The van der Waals surface area contributed by atoms with E-state index < -0.39 is 15.7 Å². The highest BCUT2D eigenvalue weighted by atomic mass is 35.5. The van der Waals surface area contributed by atoms with Crippen LogP contribution < -0.4 is 14.8 Å². The Morgan fingerprint density at radius 2 is 1.41 bits per heavy atom. The van der Waals surface area contributed by atoms with Crippen molar-refractivity contribution in [1.29, 1.82) is 0 Å². The number of sulfone groups is 1. The highest BCUT2D eigenvalue weighted by Crippen LogP contribution is 2.36. The van der Waals surface area contributed by atoms with Gasteiger partial charge in [0.15, 0.2) is 11.1 Å². The van der Waals surface area contributed by atoms with Gasteiger partial charge in [-0.05, 0) is 60.7 Å². The number of aromatic nitrogens is 1. The summed E-state index contributed by atoms with van der Waals surface area (Å²) in [5.74, 6) is -0.749. The van der Waals surface area contributed by atoms with Crippen LogP contribution in [0.2, 0.25) is 5.02 Å². The number of aromatic amines is 1. The summed E-state index contributed by atoms with van der Waals surface area (Å²) in [4.78, 5) is 7.27. The number of hydrogen-bond acceptors (Lipinski definition) is 4. The van der Waals surface area contributed by atoms with Crippen molar-refractivity contribution in [2.75, 3.05) is 36.0 Å². The molecule has 1 aromatic heterocycles. The summed E-state index contributed by atoms with van der Waals surface area (Å²) in [6.07, 6.45) is 1.46. The number of anilines is 2. The summed E-state index contributed by atoms with van der Waals surface area (Å²) in [6, 6.07) is 16.6. The monoisotopic (exact) mass is 500 g/mol. The molecule has 4 aromatic rings. The van der Waals surface area contributed by atoms with Crippen LogP contribution in [0, 0.1) is 11.6 Å². The first-order valence-electron chi connectivity index (χ1n) is 10.7. The zero-order valence-electron chi connectivity index (χ0n) is 18.0. The normalized spacial score (nSPS) is 14.6. The highest BCUT2D eigenvalue weighted by Gasteiger charge is 2.31. The van der Waals surface area contributed by atoms with E-state index in [2.05, 4.69) is 9.88 Å². The van der Waals surface area contributed by atoms with E-state index >= 15 is 0 Å². The Bertz CT molecular complexity index is 1450. The quantitative estimate of drug-likeness (QED) is 0.406. The molecule has 0 amide bonds. The van der Waals surface area contributed by atoms with Crippen molar-refractivity contribution in [2.24, 2.45) is 0 Å². The van der Waals surface area contributed by atoms with Gasteiger partial charge in [-0.15, -0.1) is 0 Å². The second-order valence-corrected chi connectivity index (χ2v) is 10.5. The zero-order valence-corrected chi connectivity index (χ0v) is 19.6. The molecule has 3 aromatic carbocycles. The van der Waals surface area contributed by atoms with Crippen molar-refractivity contribution in [3.05, 3.63) is 89.6 Å². The number of hydrogen-bond donors (Lipinski definition) is 0. The van der Waals surface area contributed by atoms with Gasteiger partial charge in [-0.2, -0.15) is 0 Å². The molecule has 9 heteroatoms. The smallest absolute Gasteiger partial charge is 0.214 e. The molecular weight excluding hydrogens is 480 g/mol. The van der Waals surface area contributed by atoms with E-state index in [9.17, 15) is 17.2 Å². The number of nitrogens with one attached hydrogen (secondary N) is 1. The number of pyridine rings is 1. The summed E-state index contributed by atoms with van der Waals surface area (Å²) >= 11 is 5.95. The van der Waals surface area contributed by atoms with Gasteiger partial charge in [0.1, 0.15) is 11.6 Å². The van der Waals surface area contributed by atoms with Crippen LogP contribution in [0.5, 0.6) is 0 Å². The van der Waals surface area contributed by atoms with Crippen LogP contribution in [0.1, 0.15) is 0 Å². The largest absolute Gasteiger partial charge is 0.368 e. The first-order valence-corrected chi connectivity index (χ1v) is 12.6. The molecule has 1 N–H and O–H groups in total. The third-order valence-electron chi connectivity index (χ3n) is 6.03. The van der Waals surface area contributed by atoms with Crippen molar-refractivity contribution in [3.63, 3.8) is 0 Å². The van der Waals surface area contributed by atoms with E-state index in [1.165, 1.54) is 54.7 Å². The van der Waals surface area contributed by atoms with Crippen molar-refractivity contribution in [2.45, 2.75) is 9.79 Å². The van der Waals surface area contributed by atoms with Crippen LogP contribution >= 0.6 is 11.6 Å². The topological polar surface area (TPSA) is 54.8 Å². The standard InChI is InChI=1S/C25H20ClF2N3O2S/c26-17-1-8-21(9-2-17)34(32,33)24-16-29-23-10-5-19(28)15-22(23)25(24)31-13-11-30(12-14-31)20-6-3-18(27)4-7-20/h1-10,15-16H,11-14H2/p+1. The lowest BCUT2D eigenvalue weighted by Crippen LogP contribution is -2.47. The van der Waals surface area contributed by atoms with E-state index in [0.717, 1.165) is 5.69 Å². The SMILES string of the molecule is O=S(=O)(c1ccc(Cl)cc1)c1c[nH+]c2ccc(F)cc2c1N1CCN(c2ccc(F)cc2)CC1. The lowest BCUT2D eigenvalue weighted by Gasteiger charge is -2.38. The van der Waals surface area contributed by atoms with Gasteiger partial charge in [-0.3, -0.25) is 0 Å². The van der Waals surface area contributed by atoms with Gasteiger partial charge < -0.3 is 9.80 Å². The second-order valence-electron chi connectivity index (χ2n) is 8.10. The Morgan fingerprint density at radius 3 is 2.09 bits per heavy atom. The Balaban J connectivity index is 1.57. The second kappa shape index (κ2) is 8.85. The van der Waals surface area contributed by atoms with Crippen LogP contribution in [0.25, 0.3) is 10.9 Å². The van der Waals surface area contributed by atoms with Crippen LogP contribution in [0.3, 0.4) is 0 Å². The zero-order chi connectivity index (χ0) is 23.9. The summed E-state index contributed by atoms with van der Waals surface area (Å²) in [7, 11) is -3.92. The lowest BCUT2D eigenvalue weighted by molar-refractivity contribution is -0.347. The highest BCUT2D eigenvalue weighted by molar-refractivity contribution is 7.91. The molecule has 0 spiro atoms. The van der Waals surface area contributed by atoms with Crippen molar-refractivity contribution in [1.82, 2.24) is 0 Å². The van der Waals surface area contributed by atoms with Gasteiger partial charge in [-0.25, -0.2) is 22.2 Å². The number of benzene rings is 3. The van der Waals surface area contributed by atoms with Crippen LogP contribution in [-0.4, -0.2) is 34.6 Å². The molecule has 0 bridgehead atoms. The van der Waals surface area contributed by atoms with Crippen LogP contribution in [-0.2, 0) is 9.84 Å². The predicted octanol–water partition coefficient (Wildman–Crippen LogP) is 4.74. The summed E-state index contributed by atoms with van der Waals surface area (Å²) < 4.78 is 54.8.